The van der Waals surface area contributed by atoms with Crippen molar-refractivity contribution in [2.24, 2.45) is 0 Å². The molecule has 0 radical (unpaired) electrons. The highest BCUT2D eigenvalue weighted by atomic mass is 35.5. The number of ether oxygens (including phenoxy) is 1. The van der Waals surface area contributed by atoms with E-state index < -0.39 is 0 Å². The fourth-order valence-corrected chi connectivity index (χ4v) is 4.04. The minimum atomic E-state index is -0.253. The van der Waals surface area contributed by atoms with E-state index in [1.54, 1.807) is 31.4 Å². The lowest BCUT2D eigenvalue weighted by Crippen LogP contribution is -2.06. The maximum atomic E-state index is 12.5. The summed E-state index contributed by atoms with van der Waals surface area (Å²) in [5.74, 6) is 0.479. The Morgan fingerprint density at radius 2 is 1.96 bits per heavy atom. The summed E-state index contributed by atoms with van der Waals surface area (Å²) in [6.45, 7) is 0. The fraction of sp³-hybridized carbons (Fsp3) is 0.0625. The Morgan fingerprint density at radius 1 is 1.13 bits per heavy atom. The van der Waals surface area contributed by atoms with Crippen LogP contribution in [0.25, 0.3) is 31.7 Å². The van der Waals surface area contributed by atoms with E-state index in [9.17, 15) is 4.79 Å². The molecule has 23 heavy (non-hydrogen) atoms. The van der Waals surface area contributed by atoms with Gasteiger partial charge in [-0.2, -0.15) is 0 Å². The molecule has 0 amide bonds. The summed E-state index contributed by atoms with van der Waals surface area (Å²) in [6, 6.07) is 8.72. The summed E-state index contributed by atoms with van der Waals surface area (Å²) in [4.78, 5) is 22.7. The van der Waals surface area contributed by atoms with Crippen molar-refractivity contribution in [2.45, 2.75) is 0 Å². The zero-order chi connectivity index (χ0) is 16.1. The smallest absolute Gasteiger partial charge is 0.214 e. The summed E-state index contributed by atoms with van der Waals surface area (Å²) in [5.41, 5.74) is 1.05. The molecule has 0 bridgehead atoms. The molecule has 2 aromatic rings. The van der Waals surface area contributed by atoms with Gasteiger partial charge in [0.05, 0.1) is 22.7 Å². The van der Waals surface area contributed by atoms with Gasteiger partial charge in [0, 0.05) is 16.8 Å². The normalized spacial score (nSPS) is 11.4. The van der Waals surface area contributed by atoms with Gasteiger partial charge in [-0.05, 0) is 12.1 Å². The molecule has 1 aromatic carbocycles. The minimum Gasteiger partial charge on any atom is -0.481 e. The third kappa shape index (κ3) is 2.16. The highest BCUT2D eigenvalue weighted by Gasteiger charge is 2.21. The molecule has 2 aliphatic rings. The van der Waals surface area contributed by atoms with Gasteiger partial charge in [-0.3, -0.25) is 4.79 Å². The lowest BCUT2D eigenvalue weighted by atomic mass is 10.1. The van der Waals surface area contributed by atoms with Crippen molar-refractivity contribution in [1.82, 2.24) is 9.97 Å². The molecule has 0 spiro atoms. The molecule has 4 rings (SSSR count). The average molecular weight is 363 g/mol. The van der Waals surface area contributed by atoms with Crippen molar-refractivity contribution in [3.8, 4) is 16.5 Å². The van der Waals surface area contributed by atoms with Gasteiger partial charge in [-0.1, -0.05) is 35.3 Å². The van der Waals surface area contributed by atoms with Gasteiger partial charge in [0.25, 0.3) is 0 Å². The van der Waals surface area contributed by atoms with Crippen LogP contribution in [0.4, 0.5) is 0 Å². The number of pyridine rings is 1. The highest BCUT2D eigenvalue weighted by molar-refractivity contribution is 7.21. The predicted octanol–water partition coefficient (Wildman–Crippen LogP) is 4.62. The van der Waals surface area contributed by atoms with Crippen LogP contribution < -0.4 is 10.2 Å². The van der Waals surface area contributed by atoms with Gasteiger partial charge in [0.2, 0.25) is 11.3 Å². The Hall–Kier alpha value is -1.95. The van der Waals surface area contributed by atoms with Gasteiger partial charge in [0.1, 0.15) is 15.4 Å². The number of nitrogens with zero attached hydrogens (tertiary/aromatic N) is 2. The zero-order valence-corrected chi connectivity index (χ0v) is 14.1. The summed E-state index contributed by atoms with van der Waals surface area (Å²) in [7, 11) is 1.54. The number of halogens is 2. The summed E-state index contributed by atoms with van der Waals surface area (Å²) in [6.07, 6.45) is 0. The van der Waals surface area contributed by atoms with E-state index in [1.807, 2.05) is 6.07 Å². The van der Waals surface area contributed by atoms with E-state index in [0.29, 0.717) is 42.6 Å². The maximum absolute atomic E-state index is 12.5. The Morgan fingerprint density at radius 3 is 2.74 bits per heavy atom. The van der Waals surface area contributed by atoms with Crippen molar-refractivity contribution in [2.75, 3.05) is 7.11 Å². The molecule has 0 N–H and O–H groups in total. The van der Waals surface area contributed by atoms with Crippen LogP contribution in [-0.4, -0.2) is 17.1 Å². The molecular formula is C16H8Cl2N2O2S. The van der Waals surface area contributed by atoms with Crippen LogP contribution in [0, 0.1) is 0 Å². The molecule has 0 saturated heterocycles. The van der Waals surface area contributed by atoms with E-state index >= 15 is 0 Å². The quantitative estimate of drug-likeness (QED) is 0.366. The standard InChI is InChI=1S/C16H8Cl2N2O2S/c1-22-10-6-5-9-16(20-10)23-15-12(18)14(21)7-3-2-4-8(17)11(7)13(15)19-9/h2-6H,1H3. The summed E-state index contributed by atoms with van der Waals surface area (Å²) in [5, 5.41) is 1.70. The second-order valence-electron chi connectivity index (χ2n) is 4.87. The van der Waals surface area contributed by atoms with Gasteiger partial charge < -0.3 is 4.74 Å². The second-order valence-corrected chi connectivity index (χ2v) is 6.66. The Balaban J connectivity index is 2.26. The van der Waals surface area contributed by atoms with E-state index in [-0.39, 0.29) is 10.5 Å². The van der Waals surface area contributed by atoms with E-state index in [4.69, 9.17) is 27.9 Å². The first-order valence-electron chi connectivity index (χ1n) is 6.65. The molecular weight excluding hydrogens is 355 g/mol. The first kappa shape index (κ1) is 14.6. The van der Waals surface area contributed by atoms with Crippen LogP contribution in [0.15, 0.2) is 35.1 Å². The third-order valence-corrected chi connectivity index (χ3v) is 5.45. The number of aromatic nitrogens is 2. The number of hydrogen-bond acceptors (Lipinski definition) is 5. The number of benzene rings is 2. The Bertz CT molecular complexity index is 1110. The van der Waals surface area contributed by atoms with Gasteiger partial charge in [0.15, 0.2) is 0 Å². The molecule has 0 saturated carbocycles. The zero-order valence-electron chi connectivity index (χ0n) is 11.8. The average Bonchev–Trinajstić information content (AvgIpc) is 2.57. The lowest BCUT2D eigenvalue weighted by molar-refractivity contribution is 0.400. The molecule has 0 atom stereocenters. The number of hydrogen-bond donors (Lipinski definition) is 0. The summed E-state index contributed by atoms with van der Waals surface area (Å²) < 4.78 is 5.13. The molecule has 1 aromatic heterocycles. The van der Waals surface area contributed by atoms with Crippen LogP contribution in [0.2, 0.25) is 10.0 Å². The maximum Gasteiger partial charge on any atom is 0.214 e. The van der Waals surface area contributed by atoms with Gasteiger partial charge in [-0.15, -0.1) is 11.3 Å². The SMILES string of the molecule is COc1ccc2nc3c4c(Cl)cccc4c(=O)c(Cl)c-3sc2n1. The summed E-state index contributed by atoms with van der Waals surface area (Å²) >= 11 is 13.9. The molecule has 114 valence electrons. The van der Waals surface area contributed by atoms with Crippen molar-refractivity contribution in [3.05, 3.63) is 50.6 Å². The minimum absolute atomic E-state index is 0.138. The third-order valence-electron chi connectivity index (χ3n) is 3.56. The van der Waals surface area contributed by atoms with Gasteiger partial charge >= 0.3 is 0 Å². The first-order chi connectivity index (χ1) is 11.1. The van der Waals surface area contributed by atoms with Crippen molar-refractivity contribution < 1.29 is 4.74 Å². The molecule has 4 nitrogen and oxygen atoms in total. The van der Waals surface area contributed by atoms with Crippen LogP contribution in [0.3, 0.4) is 0 Å². The molecule has 1 aliphatic heterocycles. The van der Waals surface area contributed by atoms with Gasteiger partial charge in [-0.25, -0.2) is 9.97 Å². The van der Waals surface area contributed by atoms with Crippen molar-refractivity contribution in [1.29, 1.82) is 0 Å². The van der Waals surface area contributed by atoms with E-state index in [1.165, 1.54) is 11.3 Å². The predicted molar refractivity (Wildman–Crippen MR) is 94.4 cm³/mol. The molecule has 0 fully saturated rings. The highest BCUT2D eigenvalue weighted by Crippen LogP contribution is 2.40. The fourth-order valence-electron chi connectivity index (χ4n) is 2.50. The van der Waals surface area contributed by atoms with Crippen LogP contribution in [-0.2, 0) is 0 Å². The molecule has 7 heteroatoms. The molecule has 0 unspecified atom stereocenters. The molecule has 1 aliphatic carbocycles. The van der Waals surface area contributed by atoms with E-state index in [0.717, 1.165) is 0 Å². The number of methoxy groups -OCH3 is 1. The van der Waals surface area contributed by atoms with Crippen LogP contribution in [0.1, 0.15) is 0 Å². The van der Waals surface area contributed by atoms with Crippen molar-refractivity contribution >= 4 is 55.7 Å². The first-order valence-corrected chi connectivity index (χ1v) is 8.22. The topological polar surface area (TPSA) is 52.1 Å². The lowest BCUT2D eigenvalue weighted by Gasteiger charge is -2.12. The largest absolute Gasteiger partial charge is 0.481 e. The Kier molecular flexibility index (Phi) is 3.37. The second kappa shape index (κ2) is 5.30. The van der Waals surface area contributed by atoms with Crippen LogP contribution in [0.5, 0.6) is 5.88 Å². The Labute approximate surface area is 144 Å². The molecule has 2 heterocycles. The number of fused-ring (bicyclic) bond motifs is 4. The van der Waals surface area contributed by atoms with Crippen molar-refractivity contribution in [3.63, 3.8) is 0 Å². The monoisotopic (exact) mass is 362 g/mol. The van der Waals surface area contributed by atoms with E-state index in [2.05, 4.69) is 9.97 Å². The van der Waals surface area contributed by atoms with Crippen LogP contribution >= 0.6 is 34.5 Å². The number of rotatable bonds is 1.